The van der Waals surface area contributed by atoms with Crippen LogP contribution in [0.15, 0.2) is 65.7 Å². The highest BCUT2D eigenvalue weighted by Gasteiger charge is 2.29. The first-order valence-electron chi connectivity index (χ1n) is 9.37. The number of pyridine rings is 2. The first-order chi connectivity index (χ1) is 13.8. The van der Waals surface area contributed by atoms with E-state index in [9.17, 15) is 4.79 Å². The molecule has 5 rings (SSSR count). The number of carbonyl (C=O) groups is 1. The van der Waals surface area contributed by atoms with Gasteiger partial charge < -0.3 is 9.32 Å². The summed E-state index contributed by atoms with van der Waals surface area (Å²) in [6, 6.07) is 11.4. The second-order valence-corrected chi connectivity index (χ2v) is 7.00. The molecule has 0 aromatic carbocycles. The van der Waals surface area contributed by atoms with Crippen molar-refractivity contribution in [1.82, 2.24) is 24.5 Å². The Morgan fingerprint density at radius 1 is 1.14 bits per heavy atom. The summed E-state index contributed by atoms with van der Waals surface area (Å²) >= 11 is 0. The van der Waals surface area contributed by atoms with E-state index >= 15 is 0 Å². The van der Waals surface area contributed by atoms with Gasteiger partial charge in [0.15, 0.2) is 17.2 Å². The molecule has 1 atom stereocenters. The van der Waals surface area contributed by atoms with Crippen LogP contribution in [-0.4, -0.2) is 43.5 Å². The average molecular weight is 373 g/mol. The van der Waals surface area contributed by atoms with Gasteiger partial charge in [0.05, 0.1) is 6.26 Å². The number of hydrogen-bond donors (Lipinski definition) is 0. The topological polar surface area (TPSA) is 76.5 Å². The van der Waals surface area contributed by atoms with Gasteiger partial charge in [0.25, 0.3) is 5.91 Å². The van der Waals surface area contributed by atoms with Crippen molar-refractivity contribution in [3.63, 3.8) is 0 Å². The summed E-state index contributed by atoms with van der Waals surface area (Å²) in [7, 11) is 0. The predicted molar refractivity (Wildman–Crippen MR) is 103 cm³/mol. The van der Waals surface area contributed by atoms with Gasteiger partial charge in [0.2, 0.25) is 0 Å². The number of rotatable bonds is 3. The lowest BCUT2D eigenvalue weighted by atomic mass is 9.97. The lowest BCUT2D eigenvalue weighted by Crippen LogP contribution is -2.39. The van der Waals surface area contributed by atoms with Gasteiger partial charge >= 0.3 is 0 Å². The Bertz CT molecular complexity index is 1100. The molecular weight excluding hydrogens is 354 g/mol. The number of hydrogen-bond acceptors (Lipinski definition) is 5. The Balaban J connectivity index is 1.40. The lowest BCUT2D eigenvalue weighted by Gasteiger charge is -2.30. The van der Waals surface area contributed by atoms with E-state index in [1.165, 1.54) is 6.26 Å². The Kier molecular flexibility index (Phi) is 4.12. The van der Waals surface area contributed by atoms with Crippen LogP contribution in [0.2, 0.25) is 0 Å². The zero-order valence-corrected chi connectivity index (χ0v) is 15.2. The molecule has 0 saturated carbocycles. The fourth-order valence-electron chi connectivity index (χ4n) is 3.71. The molecule has 0 N–H and O–H groups in total. The Labute approximate surface area is 161 Å². The minimum absolute atomic E-state index is 0.0719. The van der Waals surface area contributed by atoms with E-state index in [1.807, 2.05) is 46.1 Å². The number of nitrogens with zero attached hydrogens (tertiary/aromatic N) is 5. The van der Waals surface area contributed by atoms with E-state index < -0.39 is 0 Å². The molecule has 0 aliphatic carbocycles. The molecule has 1 aliphatic rings. The minimum Gasteiger partial charge on any atom is -0.459 e. The summed E-state index contributed by atoms with van der Waals surface area (Å²) in [6.45, 7) is 1.33. The molecule has 1 fully saturated rings. The van der Waals surface area contributed by atoms with Gasteiger partial charge in [-0.2, -0.15) is 5.10 Å². The first kappa shape index (κ1) is 16.7. The molecule has 1 amide bonds. The maximum absolute atomic E-state index is 12.6. The standard InChI is InChI=1S/C21H19N5O2/c27-21(18-6-3-11-28-18)25-10-2-5-17(13-25)20-23-19-8-7-16(14-26(19)24-20)15-4-1-9-22-12-15/h1,3-4,6-9,11-12,14,17H,2,5,10,13H2/t17-/m1/s1. The summed E-state index contributed by atoms with van der Waals surface area (Å²) in [5.41, 5.74) is 2.88. The van der Waals surface area contributed by atoms with Crippen molar-refractivity contribution in [3.05, 3.63) is 72.8 Å². The Morgan fingerprint density at radius 2 is 2.11 bits per heavy atom. The highest BCUT2D eigenvalue weighted by Crippen LogP contribution is 2.27. The molecule has 7 nitrogen and oxygen atoms in total. The maximum atomic E-state index is 12.6. The maximum Gasteiger partial charge on any atom is 0.289 e. The molecule has 4 aromatic heterocycles. The highest BCUT2D eigenvalue weighted by atomic mass is 16.3. The largest absolute Gasteiger partial charge is 0.459 e. The van der Waals surface area contributed by atoms with E-state index in [4.69, 9.17) is 14.5 Å². The molecule has 1 aliphatic heterocycles. The predicted octanol–water partition coefficient (Wildman–Crippen LogP) is 3.40. The zero-order chi connectivity index (χ0) is 18.9. The van der Waals surface area contributed by atoms with Crippen LogP contribution in [0.25, 0.3) is 16.8 Å². The van der Waals surface area contributed by atoms with Crippen LogP contribution in [0.3, 0.4) is 0 Å². The average Bonchev–Trinajstić information content (AvgIpc) is 3.43. The van der Waals surface area contributed by atoms with Gasteiger partial charge in [0, 0.05) is 48.7 Å². The molecular formula is C21H19N5O2. The number of aromatic nitrogens is 4. The number of carbonyl (C=O) groups excluding carboxylic acids is 1. The zero-order valence-electron chi connectivity index (χ0n) is 15.2. The molecule has 140 valence electrons. The van der Waals surface area contributed by atoms with Crippen LogP contribution >= 0.6 is 0 Å². The van der Waals surface area contributed by atoms with Crippen LogP contribution < -0.4 is 0 Å². The summed E-state index contributed by atoms with van der Waals surface area (Å²) in [6.07, 6.45) is 8.98. The minimum atomic E-state index is -0.0719. The molecule has 5 heterocycles. The fourth-order valence-corrected chi connectivity index (χ4v) is 3.71. The van der Waals surface area contributed by atoms with Crippen molar-refractivity contribution in [3.8, 4) is 11.1 Å². The van der Waals surface area contributed by atoms with Crippen LogP contribution in [-0.2, 0) is 0 Å². The van der Waals surface area contributed by atoms with E-state index in [2.05, 4.69) is 4.98 Å². The molecule has 0 spiro atoms. The molecule has 28 heavy (non-hydrogen) atoms. The number of amides is 1. The number of piperidine rings is 1. The highest BCUT2D eigenvalue weighted by molar-refractivity contribution is 5.91. The second-order valence-electron chi connectivity index (χ2n) is 7.00. The number of furan rings is 1. The first-order valence-corrected chi connectivity index (χ1v) is 9.37. The smallest absolute Gasteiger partial charge is 0.289 e. The van der Waals surface area contributed by atoms with Crippen LogP contribution in [0.1, 0.15) is 35.1 Å². The Morgan fingerprint density at radius 3 is 2.93 bits per heavy atom. The fraction of sp³-hybridized carbons (Fsp3) is 0.238. The van der Waals surface area contributed by atoms with Crippen LogP contribution in [0.4, 0.5) is 0 Å². The summed E-state index contributed by atoms with van der Waals surface area (Å²) in [5.74, 6) is 1.21. The van der Waals surface area contributed by atoms with Crippen LogP contribution in [0.5, 0.6) is 0 Å². The van der Waals surface area contributed by atoms with Gasteiger partial charge in [0.1, 0.15) is 0 Å². The van der Waals surface area contributed by atoms with Crippen LogP contribution in [0, 0.1) is 0 Å². The number of fused-ring (bicyclic) bond motifs is 1. The third-order valence-electron chi connectivity index (χ3n) is 5.15. The third-order valence-corrected chi connectivity index (χ3v) is 5.15. The SMILES string of the molecule is O=C(c1ccco1)N1CCC[C@@H](c2nc3ccc(-c4cccnc4)cn3n2)C1. The van der Waals surface area contributed by atoms with Crippen molar-refractivity contribution in [2.45, 2.75) is 18.8 Å². The van der Waals surface area contributed by atoms with E-state index in [-0.39, 0.29) is 11.8 Å². The van der Waals surface area contributed by atoms with E-state index in [0.717, 1.165) is 42.0 Å². The van der Waals surface area contributed by atoms with Gasteiger partial charge in [-0.15, -0.1) is 0 Å². The normalized spacial score (nSPS) is 17.1. The van der Waals surface area contributed by atoms with Gasteiger partial charge in [-0.3, -0.25) is 9.78 Å². The third kappa shape index (κ3) is 3.05. The van der Waals surface area contributed by atoms with Crippen molar-refractivity contribution in [2.24, 2.45) is 0 Å². The Hall–Kier alpha value is -3.48. The van der Waals surface area contributed by atoms with Crippen molar-refractivity contribution < 1.29 is 9.21 Å². The quantitative estimate of drug-likeness (QED) is 0.550. The van der Waals surface area contributed by atoms with Gasteiger partial charge in [-0.05, 0) is 43.2 Å². The molecule has 0 radical (unpaired) electrons. The monoisotopic (exact) mass is 373 g/mol. The molecule has 7 heteroatoms. The number of likely N-dealkylation sites (tertiary alicyclic amines) is 1. The molecule has 0 bridgehead atoms. The summed E-state index contributed by atoms with van der Waals surface area (Å²) < 4.78 is 7.07. The van der Waals surface area contributed by atoms with Crippen molar-refractivity contribution in [2.75, 3.05) is 13.1 Å². The lowest BCUT2D eigenvalue weighted by molar-refractivity contribution is 0.0672. The van der Waals surface area contributed by atoms with E-state index in [1.54, 1.807) is 18.3 Å². The van der Waals surface area contributed by atoms with Crippen molar-refractivity contribution in [1.29, 1.82) is 0 Å². The molecule has 4 aromatic rings. The van der Waals surface area contributed by atoms with Gasteiger partial charge in [-0.1, -0.05) is 6.07 Å². The molecule has 1 saturated heterocycles. The van der Waals surface area contributed by atoms with Crippen molar-refractivity contribution >= 4 is 11.6 Å². The molecule has 0 unspecified atom stereocenters. The van der Waals surface area contributed by atoms with E-state index in [0.29, 0.717) is 12.3 Å². The second kappa shape index (κ2) is 6.92. The summed E-state index contributed by atoms with van der Waals surface area (Å²) in [5, 5.41) is 4.70. The summed E-state index contributed by atoms with van der Waals surface area (Å²) in [4.78, 5) is 23.3. The van der Waals surface area contributed by atoms with Gasteiger partial charge in [-0.25, -0.2) is 9.50 Å².